The minimum atomic E-state index is -0.307. The average molecular weight is 496 g/mol. The van der Waals surface area contributed by atoms with E-state index in [-0.39, 0.29) is 5.41 Å². The molecule has 0 N–H and O–H groups in total. The van der Waals surface area contributed by atoms with Crippen LogP contribution >= 0.6 is 0 Å². The Labute approximate surface area is 227 Å². The van der Waals surface area contributed by atoms with E-state index >= 15 is 0 Å². The molecule has 1 nitrogen and oxygen atoms in total. The molecule has 0 fully saturated rings. The number of hydrogen-bond acceptors (Lipinski definition) is 0. The highest BCUT2D eigenvalue weighted by Gasteiger charge is 2.51. The molecule has 0 amide bonds. The quantitative estimate of drug-likeness (QED) is 0.214. The monoisotopic (exact) mass is 495 g/mol. The van der Waals surface area contributed by atoms with Crippen LogP contribution in [0.15, 0.2) is 133 Å². The van der Waals surface area contributed by atoms with Crippen molar-refractivity contribution >= 4 is 21.8 Å². The molecule has 1 spiro atoms. The molecule has 2 aliphatic carbocycles. The van der Waals surface area contributed by atoms with Gasteiger partial charge in [-0.3, -0.25) is 0 Å². The lowest BCUT2D eigenvalue weighted by atomic mass is 9.70. The van der Waals surface area contributed by atoms with Crippen molar-refractivity contribution in [3.8, 4) is 33.4 Å². The van der Waals surface area contributed by atoms with E-state index in [9.17, 15) is 0 Å². The molecule has 0 bridgehead atoms. The predicted molar refractivity (Wildman–Crippen MR) is 162 cm³/mol. The summed E-state index contributed by atoms with van der Waals surface area (Å²) in [6.45, 7) is 0. The fourth-order valence-corrected chi connectivity index (χ4v) is 7.61. The van der Waals surface area contributed by atoms with Crippen LogP contribution in [0.25, 0.3) is 55.2 Å². The maximum atomic E-state index is 2.47. The minimum Gasteiger partial charge on any atom is -0.344 e. The van der Waals surface area contributed by atoms with Gasteiger partial charge in [0.25, 0.3) is 0 Å². The van der Waals surface area contributed by atoms with Gasteiger partial charge in [-0.05, 0) is 73.8 Å². The Morgan fingerprint density at radius 1 is 0.410 bits per heavy atom. The standard InChI is InChI=1S/C38H25N/c1-39-36-17-9-5-13-30(36)31-21-19-25(23-37(31)39)24-18-20-29-28-12-4-8-16-34(28)38(35(29)22-24)32-14-6-2-10-26(32)27-11-3-7-15-33(27)38/h2-23H,1H3. The Morgan fingerprint density at radius 3 is 1.56 bits per heavy atom. The van der Waals surface area contributed by atoms with Crippen LogP contribution in [-0.4, -0.2) is 4.57 Å². The van der Waals surface area contributed by atoms with Crippen LogP contribution in [0.1, 0.15) is 22.3 Å². The third-order valence-corrected chi connectivity index (χ3v) is 9.25. The summed E-state index contributed by atoms with van der Waals surface area (Å²) in [5.74, 6) is 0. The van der Waals surface area contributed by atoms with Crippen LogP contribution in [0, 0.1) is 0 Å². The number of hydrogen-bond donors (Lipinski definition) is 0. The van der Waals surface area contributed by atoms with E-state index in [4.69, 9.17) is 0 Å². The molecule has 9 rings (SSSR count). The average Bonchev–Trinajstić information content (AvgIpc) is 3.58. The second-order valence-corrected chi connectivity index (χ2v) is 11.0. The van der Waals surface area contributed by atoms with Crippen molar-refractivity contribution in [3.05, 3.63) is 156 Å². The lowest BCUT2D eigenvalue weighted by Crippen LogP contribution is -2.25. The Kier molecular flexibility index (Phi) is 3.98. The van der Waals surface area contributed by atoms with Crippen molar-refractivity contribution in [1.29, 1.82) is 0 Å². The molecule has 0 atom stereocenters. The third-order valence-electron chi connectivity index (χ3n) is 9.25. The smallest absolute Gasteiger partial charge is 0.0725 e. The van der Waals surface area contributed by atoms with E-state index in [1.807, 2.05) is 0 Å². The number of rotatable bonds is 1. The first-order valence-corrected chi connectivity index (χ1v) is 13.7. The van der Waals surface area contributed by atoms with Crippen molar-refractivity contribution in [3.63, 3.8) is 0 Å². The van der Waals surface area contributed by atoms with Gasteiger partial charge in [0.2, 0.25) is 0 Å². The van der Waals surface area contributed by atoms with Crippen molar-refractivity contribution in [2.24, 2.45) is 7.05 Å². The number of fused-ring (bicyclic) bond motifs is 13. The molecular weight excluding hydrogens is 470 g/mol. The van der Waals surface area contributed by atoms with Crippen LogP contribution in [0.5, 0.6) is 0 Å². The molecule has 0 unspecified atom stereocenters. The Balaban J connectivity index is 1.35. The first-order chi connectivity index (χ1) is 19.3. The van der Waals surface area contributed by atoms with Gasteiger partial charge in [-0.2, -0.15) is 0 Å². The number of para-hydroxylation sites is 1. The molecule has 182 valence electrons. The summed E-state index contributed by atoms with van der Waals surface area (Å²) in [4.78, 5) is 0. The largest absolute Gasteiger partial charge is 0.344 e. The zero-order valence-electron chi connectivity index (χ0n) is 21.6. The van der Waals surface area contributed by atoms with E-state index in [2.05, 4.69) is 145 Å². The summed E-state index contributed by atoms with van der Waals surface area (Å²) in [6, 6.07) is 49.8. The van der Waals surface area contributed by atoms with E-state index in [0.717, 1.165) is 0 Å². The molecule has 2 aliphatic rings. The first-order valence-electron chi connectivity index (χ1n) is 13.7. The summed E-state index contributed by atoms with van der Waals surface area (Å²) in [7, 11) is 2.18. The van der Waals surface area contributed by atoms with Crippen molar-refractivity contribution < 1.29 is 0 Å². The van der Waals surface area contributed by atoms with E-state index in [1.165, 1.54) is 77.4 Å². The topological polar surface area (TPSA) is 4.93 Å². The van der Waals surface area contributed by atoms with Gasteiger partial charge in [-0.1, -0.05) is 115 Å². The highest BCUT2D eigenvalue weighted by molar-refractivity contribution is 6.09. The van der Waals surface area contributed by atoms with Crippen LogP contribution in [0.2, 0.25) is 0 Å². The summed E-state index contributed by atoms with van der Waals surface area (Å²) in [6.07, 6.45) is 0. The zero-order valence-corrected chi connectivity index (χ0v) is 21.6. The fraction of sp³-hybridized carbons (Fsp3) is 0.0526. The third kappa shape index (κ3) is 2.51. The molecule has 7 aromatic rings. The van der Waals surface area contributed by atoms with E-state index < -0.39 is 0 Å². The minimum absolute atomic E-state index is 0.307. The number of nitrogens with zero attached hydrogens (tertiary/aromatic N) is 1. The van der Waals surface area contributed by atoms with Gasteiger partial charge < -0.3 is 4.57 Å². The van der Waals surface area contributed by atoms with Gasteiger partial charge in [0.1, 0.15) is 0 Å². The molecule has 39 heavy (non-hydrogen) atoms. The highest BCUT2D eigenvalue weighted by Crippen LogP contribution is 2.62. The summed E-state index contributed by atoms with van der Waals surface area (Å²) < 4.78 is 2.32. The predicted octanol–water partition coefficient (Wildman–Crippen LogP) is 9.34. The van der Waals surface area contributed by atoms with E-state index in [1.54, 1.807) is 0 Å². The number of aromatic nitrogens is 1. The molecule has 1 heteroatoms. The van der Waals surface area contributed by atoms with Crippen molar-refractivity contribution in [2.45, 2.75) is 5.41 Å². The Bertz CT molecular complexity index is 2080. The molecular formula is C38H25N. The normalized spacial score (nSPS) is 14.0. The van der Waals surface area contributed by atoms with Gasteiger partial charge in [-0.15, -0.1) is 0 Å². The second kappa shape index (κ2) is 7.36. The van der Waals surface area contributed by atoms with Gasteiger partial charge in [0.05, 0.1) is 5.41 Å². The summed E-state index contributed by atoms with van der Waals surface area (Å²) in [5.41, 5.74) is 15.7. The summed E-state index contributed by atoms with van der Waals surface area (Å²) in [5, 5.41) is 2.62. The number of aryl methyl sites for hydroxylation is 1. The maximum Gasteiger partial charge on any atom is 0.0725 e. The van der Waals surface area contributed by atoms with Crippen LogP contribution in [0.3, 0.4) is 0 Å². The van der Waals surface area contributed by atoms with Crippen molar-refractivity contribution in [2.75, 3.05) is 0 Å². The van der Waals surface area contributed by atoms with Gasteiger partial charge >= 0.3 is 0 Å². The maximum absolute atomic E-state index is 2.47. The fourth-order valence-electron chi connectivity index (χ4n) is 7.61. The van der Waals surface area contributed by atoms with Crippen LogP contribution in [-0.2, 0) is 12.5 Å². The highest BCUT2D eigenvalue weighted by atomic mass is 14.9. The van der Waals surface area contributed by atoms with Gasteiger partial charge in [0, 0.05) is 28.9 Å². The summed E-state index contributed by atoms with van der Waals surface area (Å²) >= 11 is 0. The van der Waals surface area contributed by atoms with Gasteiger partial charge in [-0.25, -0.2) is 0 Å². The SMILES string of the molecule is Cn1c2ccccc2c2ccc(-c3ccc4c(c3)C3(c5ccccc5-c5ccccc53)c3ccccc3-4)cc21. The molecule has 0 saturated heterocycles. The lowest BCUT2D eigenvalue weighted by Gasteiger charge is -2.30. The molecule has 0 saturated carbocycles. The molecule has 1 heterocycles. The Hall–Kier alpha value is -4.88. The van der Waals surface area contributed by atoms with E-state index in [0.29, 0.717) is 0 Å². The second-order valence-electron chi connectivity index (χ2n) is 11.0. The lowest BCUT2D eigenvalue weighted by molar-refractivity contribution is 0.794. The Morgan fingerprint density at radius 2 is 0.897 bits per heavy atom. The van der Waals surface area contributed by atoms with Crippen LogP contribution < -0.4 is 0 Å². The molecule has 0 radical (unpaired) electrons. The van der Waals surface area contributed by atoms with Gasteiger partial charge in [0.15, 0.2) is 0 Å². The molecule has 6 aromatic carbocycles. The van der Waals surface area contributed by atoms with Crippen LogP contribution in [0.4, 0.5) is 0 Å². The molecule has 0 aliphatic heterocycles. The molecule has 1 aromatic heterocycles. The van der Waals surface area contributed by atoms with Crippen molar-refractivity contribution in [1.82, 2.24) is 4.57 Å². The zero-order chi connectivity index (χ0) is 25.7. The first kappa shape index (κ1) is 21.1. The number of benzene rings is 6.